The largest absolute Gasteiger partial charge is 0.504 e. The van der Waals surface area contributed by atoms with E-state index in [-0.39, 0.29) is 48.0 Å². The van der Waals surface area contributed by atoms with E-state index in [1.807, 2.05) is 66.9 Å². The summed E-state index contributed by atoms with van der Waals surface area (Å²) in [7, 11) is 1.51. The molecule has 0 amide bonds. The number of hydrogen-bond donors (Lipinski definition) is 6. The van der Waals surface area contributed by atoms with Crippen molar-refractivity contribution in [2.75, 3.05) is 25.9 Å². The van der Waals surface area contributed by atoms with E-state index in [0.717, 1.165) is 45.9 Å². The molecule has 7 rings (SSSR count). The number of anilines is 1. The second-order valence-electron chi connectivity index (χ2n) is 19.7. The van der Waals surface area contributed by atoms with Crippen molar-refractivity contribution in [1.29, 1.82) is 0 Å². The van der Waals surface area contributed by atoms with Crippen LogP contribution in [0.2, 0.25) is 0 Å². The van der Waals surface area contributed by atoms with E-state index in [0.29, 0.717) is 75.8 Å². The molecule has 0 unspecified atom stereocenters. The highest BCUT2D eigenvalue weighted by Gasteiger charge is 2.44. The molecule has 69 heavy (non-hydrogen) atoms. The normalized spacial score (nSPS) is 23.5. The molecule has 0 radical (unpaired) electrons. The number of aromatic nitrogens is 1. The van der Waals surface area contributed by atoms with Crippen LogP contribution in [0.15, 0.2) is 102 Å². The summed E-state index contributed by atoms with van der Waals surface area (Å²) < 4.78 is 5.74. The van der Waals surface area contributed by atoms with Gasteiger partial charge in [-0.05, 0) is 129 Å². The highest BCUT2D eigenvalue weighted by molar-refractivity contribution is 6.06. The number of aliphatic imine (C=N–C) groups is 1. The second-order valence-corrected chi connectivity index (χ2v) is 19.7. The molecule has 4 aromatic rings. The average molecular weight is 936 g/mol. The highest BCUT2D eigenvalue weighted by Crippen LogP contribution is 2.46. The average Bonchev–Trinajstić information content (AvgIpc) is 3.74. The van der Waals surface area contributed by atoms with Crippen LogP contribution in [0.5, 0.6) is 11.5 Å². The van der Waals surface area contributed by atoms with Crippen LogP contribution in [-0.4, -0.2) is 81.7 Å². The van der Waals surface area contributed by atoms with E-state index in [1.165, 1.54) is 7.11 Å². The number of phenols is 1. The summed E-state index contributed by atoms with van der Waals surface area (Å²) in [5.41, 5.74) is 12.3. The van der Waals surface area contributed by atoms with Crippen LogP contribution >= 0.6 is 0 Å². The monoisotopic (exact) mass is 936 g/mol. The Labute approximate surface area is 408 Å². The smallest absolute Gasteiger partial charge is 0.177 e. The molecule has 0 saturated heterocycles. The quantitative estimate of drug-likeness (QED) is 0.0325. The zero-order valence-corrected chi connectivity index (χ0v) is 40.7. The predicted molar refractivity (Wildman–Crippen MR) is 272 cm³/mol. The number of Topliss-reactive ketones (excluding diaryl/α,β-unsaturated/α-hetero) is 2. The topological polar surface area (TPSA) is 188 Å². The molecule has 11 nitrogen and oxygen atoms in total. The van der Waals surface area contributed by atoms with Gasteiger partial charge in [0.15, 0.2) is 34.9 Å². The first kappa shape index (κ1) is 51.1. The number of rotatable bonds is 18. The maximum atomic E-state index is 14.9. The van der Waals surface area contributed by atoms with Gasteiger partial charge in [-0.2, -0.15) is 0 Å². The SMILES string of the molecule is CCC[C@@H]([C@@H]1C[C@@H](Cc2ccnc(N)c2)C[C@H]2C#C[C@H](c3ccccc3)c3c(cc(OC)c(O)c3CCc3ccccc3)CCC(=O)[C@H](O)C(=O)[C@H]2C1)[C@H](O)CC1=C[C+]([C@H](C)CNC[C@H](C)O)C=N1. The molecule has 1 fully saturated rings. The summed E-state index contributed by atoms with van der Waals surface area (Å²) in [5, 5.41) is 49.2. The molecule has 10 atom stereocenters. The first-order valence-electron chi connectivity index (χ1n) is 25.0. The van der Waals surface area contributed by atoms with Crippen molar-refractivity contribution in [3.05, 3.63) is 136 Å². The molecule has 0 spiro atoms. The maximum Gasteiger partial charge on any atom is 0.177 e. The Morgan fingerprint density at radius 2 is 1.68 bits per heavy atom. The number of carbonyl (C=O) groups excluding carboxylic acids is 2. The number of pyridine rings is 1. The molecule has 3 aromatic carbocycles. The van der Waals surface area contributed by atoms with Crippen LogP contribution in [0.3, 0.4) is 0 Å². The highest BCUT2D eigenvalue weighted by atomic mass is 16.5. The number of phenolic OH excluding ortho intramolecular Hbond substituents is 1. The van der Waals surface area contributed by atoms with Crippen LogP contribution in [0.4, 0.5) is 5.82 Å². The number of ether oxygens (including phenoxy) is 1. The van der Waals surface area contributed by atoms with E-state index in [2.05, 4.69) is 54.2 Å². The Kier molecular flexibility index (Phi) is 17.9. The van der Waals surface area contributed by atoms with Crippen molar-refractivity contribution < 1.29 is 34.8 Å². The minimum atomic E-state index is -1.85. The second kappa shape index (κ2) is 24.2. The summed E-state index contributed by atoms with van der Waals surface area (Å²) in [5.74, 6) is 5.99. The maximum absolute atomic E-state index is 14.9. The Morgan fingerprint density at radius 3 is 2.39 bits per heavy atom. The van der Waals surface area contributed by atoms with E-state index < -0.39 is 47.6 Å². The number of nitrogen functional groups attached to an aromatic ring is 1. The van der Waals surface area contributed by atoms with Crippen LogP contribution in [-0.2, 0) is 35.3 Å². The number of aryl methyl sites for hydroxylation is 2. The number of aliphatic hydroxyl groups excluding tert-OH is 3. The van der Waals surface area contributed by atoms with Crippen molar-refractivity contribution >= 4 is 23.6 Å². The number of nitrogens with zero attached hydrogens (tertiary/aromatic N) is 2. The number of hydrogen-bond acceptors (Lipinski definition) is 11. The Morgan fingerprint density at radius 1 is 0.928 bits per heavy atom. The molecule has 1 saturated carbocycles. The molecule has 364 valence electrons. The lowest BCUT2D eigenvalue weighted by molar-refractivity contribution is -0.142. The van der Waals surface area contributed by atoms with Gasteiger partial charge in [0.2, 0.25) is 0 Å². The fourth-order valence-corrected chi connectivity index (χ4v) is 11.0. The van der Waals surface area contributed by atoms with Gasteiger partial charge >= 0.3 is 0 Å². The van der Waals surface area contributed by atoms with Gasteiger partial charge in [-0.25, -0.2) is 4.98 Å². The zero-order chi connectivity index (χ0) is 49.0. The van der Waals surface area contributed by atoms with Crippen molar-refractivity contribution in [3.8, 4) is 23.3 Å². The number of ketones is 2. The summed E-state index contributed by atoms with van der Waals surface area (Å²) in [6, 6.07) is 25.7. The van der Waals surface area contributed by atoms with E-state index in [4.69, 9.17) is 15.5 Å². The fourth-order valence-electron chi connectivity index (χ4n) is 11.0. The first-order chi connectivity index (χ1) is 33.3. The number of carbonyl (C=O) groups is 2. The lowest BCUT2D eigenvalue weighted by Gasteiger charge is -2.33. The van der Waals surface area contributed by atoms with Gasteiger partial charge < -0.3 is 36.2 Å². The number of benzene rings is 3. The lowest BCUT2D eigenvalue weighted by Crippen LogP contribution is -2.39. The minimum absolute atomic E-state index is 0.00273. The molecular formula is C58H71N4O7+. The third-order valence-corrected chi connectivity index (χ3v) is 14.6. The number of methoxy groups -OCH3 is 1. The van der Waals surface area contributed by atoms with Gasteiger partial charge in [0, 0.05) is 43.1 Å². The molecule has 1 aromatic heterocycles. The first-order valence-corrected chi connectivity index (χ1v) is 25.0. The van der Waals surface area contributed by atoms with Crippen LogP contribution in [0, 0.1) is 53.3 Å². The van der Waals surface area contributed by atoms with Crippen LogP contribution in [0.1, 0.15) is 105 Å². The fraction of sp³-hybridized carbons (Fsp3) is 0.466. The van der Waals surface area contributed by atoms with Gasteiger partial charge in [-0.1, -0.05) is 85.8 Å². The molecule has 11 heteroatoms. The van der Waals surface area contributed by atoms with E-state index in [1.54, 1.807) is 19.2 Å². The number of nitrogens with two attached hydrogens (primary N) is 1. The van der Waals surface area contributed by atoms with E-state index in [9.17, 15) is 30.0 Å². The predicted octanol–water partition coefficient (Wildman–Crippen LogP) is 7.95. The summed E-state index contributed by atoms with van der Waals surface area (Å²) in [4.78, 5) is 38.1. The number of aromatic hydroxyl groups is 1. The third-order valence-electron chi connectivity index (χ3n) is 14.6. The van der Waals surface area contributed by atoms with Gasteiger partial charge in [0.1, 0.15) is 24.0 Å². The van der Waals surface area contributed by atoms with Crippen molar-refractivity contribution in [2.24, 2.45) is 40.5 Å². The van der Waals surface area contributed by atoms with Crippen molar-refractivity contribution in [3.63, 3.8) is 0 Å². The Hall–Kier alpha value is -5.77. The zero-order valence-electron chi connectivity index (χ0n) is 40.7. The standard InChI is InChI=1S/C58H70N4O7/c1-5-12-47(52(65)32-46-29-45(35-62-46)36(2)33-60-34-37(3)63)44-27-40(25-39-23-24-61-54(59)28-39)26-42-18-21-48(41-15-10-7-11-16-41)55-43(19-22-51(64)58(68)57(67)50(42)30-44)31-53(69-4)56(66)49(55)20-17-38-13-8-6-9-14-38/h6-11,13-16,23-24,28-29,31,35-37,40,42,44,47-48,50,52,58,60,63,65,68H,5,12,17,19-20,22,25-27,30,32-34H2,1-4H3,(H2-,59,61,66)/p+1/t36-,37+,40+,42-,44-,47+,48-,50+,52-,58+/m1/s1. The number of allylic oxidation sites excluding steroid dienone is 1. The summed E-state index contributed by atoms with van der Waals surface area (Å²) >= 11 is 0. The van der Waals surface area contributed by atoms with Crippen molar-refractivity contribution in [1.82, 2.24) is 10.3 Å². The number of nitrogens with one attached hydrogen (secondary N) is 1. The van der Waals surface area contributed by atoms with Crippen LogP contribution < -0.4 is 15.8 Å². The van der Waals surface area contributed by atoms with Gasteiger partial charge in [0.05, 0.1) is 37.6 Å². The minimum Gasteiger partial charge on any atom is -0.504 e. The molecule has 2 heterocycles. The van der Waals surface area contributed by atoms with Gasteiger partial charge in [-0.3, -0.25) is 9.59 Å². The molecule has 7 N–H and O–H groups in total. The van der Waals surface area contributed by atoms with Crippen molar-refractivity contribution in [2.45, 2.75) is 116 Å². The lowest BCUT2D eigenvalue weighted by atomic mass is 9.73. The van der Waals surface area contributed by atoms with Gasteiger partial charge in [-0.15, -0.1) is 4.99 Å². The van der Waals surface area contributed by atoms with Crippen LogP contribution in [0.25, 0.3) is 0 Å². The molecule has 1 aliphatic heterocycles. The third kappa shape index (κ3) is 13.1. The Balaban J connectivity index is 1.31. The number of fused-ring (bicyclic) bond motifs is 2. The summed E-state index contributed by atoms with van der Waals surface area (Å²) in [6.45, 7) is 7.15. The molecule has 2 aliphatic carbocycles. The van der Waals surface area contributed by atoms with E-state index >= 15 is 0 Å². The van der Waals surface area contributed by atoms with Gasteiger partial charge in [0.25, 0.3) is 0 Å². The Bertz CT molecular complexity index is 2480. The summed E-state index contributed by atoms with van der Waals surface area (Å²) in [6.07, 6.45) is 7.80. The molecular weight excluding hydrogens is 865 g/mol. The number of aliphatic hydroxyl groups is 3. The molecule has 3 aliphatic rings. The molecule has 0 bridgehead atoms.